The van der Waals surface area contributed by atoms with E-state index in [1.54, 1.807) is 12.1 Å². The first-order valence-electron chi connectivity index (χ1n) is 10.7. The molecule has 2 aromatic carbocycles. The van der Waals surface area contributed by atoms with Crippen LogP contribution in [0.3, 0.4) is 0 Å². The van der Waals surface area contributed by atoms with Crippen LogP contribution in [0.4, 0.5) is 51.9 Å². The van der Waals surface area contributed by atoms with Gasteiger partial charge in [0.25, 0.3) is 0 Å². The summed E-state index contributed by atoms with van der Waals surface area (Å²) in [5.41, 5.74) is 5.48. The van der Waals surface area contributed by atoms with E-state index >= 15 is 0 Å². The van der Waals surface area contributed by atoms with Crippen molar-refractivity contribution in [2.45, 2.75) is 32.9 Å². The molecule has 0 spiro atoms. The van der Waals surface area contributed by atoms with Gasteiger partial charge in [0.1, 0.15) is 17.4 Å². The van der Waals surface area contributed by atoms with Crippen molar-refractivity contribution in [3.63, 3.8) is 0 Å². The number of nitrogens with zero attached hydrogens (tertiary/aromatic N) is 4. The molecule has 182 valence electrons. The molecule has 35 heavy (non-hydrogen) atoms. The van der Waals surface area contributed by atoms with Gasteiger partial charge < -0.3 is 16.4 Å². The van der Waals surface area contributed by atoms with Gasteiger partial charge in [-0.25, -0.2) is 9.37 Å². The second kappa shape index (κ2) is 10.8. The summed E-state index contributed by atoms with van der Waals surface area (Å²) in [7, 11) is 0. The van der Waals surface area contributed by atoms with E-state index in [0.717, 1.165) is 37.2 Å². The van der Waals surface area contributed by atoms with Gasteiger partial charge >= 0.3 is 6.18 Å². The Kier molecular flexibility index (Phi) is 7.86. The lowest BCUT2D eigenvalue weighted by Gasteiger charge is -2.13. The van der Waals surface area contributed by atoms with Gasteiger partial charge in [-0.3, -0.25) is 0 Å². The van der Waals surface area contributed by atoms with E-state index in [4.69, 9.17) is 5.73 Å². The molecule has 0 aliphatic rings. The number of halogens is 4. The Balaban J connectivity index is 1.91. The molecule has 0 unspecified atom stereocenters. The topological polar surface area (TPSA) is 111 Å². The maximum atomic E-state index is 14.1. The molecule has 0 aliphatic heterocycles. The summed E-state index contributed by atoms with van der Waals surface area (Å²) in [6.07, 6.45) is -2.70. The Morgan fingerprint density at radius 3 is 2.34 bits per heavy atom. The molecule has 1 heterocycles. The minimum absolute atomic E-state index is 0.0721. The molecular formula is C24H23F4N7. The molecule has 0 fully saturated rings. The van der Waals surface area contributed by atoms with Crippen molar-refractivity contribution in [2.75, 3.05) is 22.9 Å². The van der Waals surface area contributed by atoms with Gasteiger partial charge in [0.15, 0.2) is 17.5 Å². The number of azo groups is 1. The Bertz CT molecular complexity index is 1260. The van der Waals surface area contributed by atoms with Gasteiger partial charge in [0.2, 0.25) is 0 Å². The van der Waals surface area contributed by atoms with Crippen molar-refractivity contribution in [1.29, 1.82) is 5.26 Å². The summed E-state index contributed by atoms with van der Waals surface area (Å²) in [5.74, 6) is -1.23. The molecule has 3 rings (SSSR count). The van der Waals surface area contributed by atoms with Crippen LogP contribution in [0.15, 0.2) is 52.7 Å². The molecule has 7 nitrogen and oxygen atoms in total. The molecule has 0 saturated heterocycles. The van der Waals surface area contributed by atoms with Crippen molar-refractivity contribution in [2.24, 2.45) is 10.2 Å². The molecule has 0 saturated carbocycles. The van der Waals surface area contributed by atoms with Crippen LogP contribution in [-0.2, 0) is 6.18 Å². The summed E-state index contributed by atoms with van der Waals surface area (Å²) in [6, 6.07) is 11.8. The molecule has 0 radical (unpaired) electrons. The third kappa shape index (κ3) is 6.03. The number of anilines is 4. The Labute approximate surface area is 199 Å². The number of benzene rings is 2. The maximum absolute atomic E-state index is 14.1. The summed E-state index contributed by atoms with van der Waals surface area (Å²) >= 11 is 0. The number of rotatable bonds is 8. The number of alkyl halides is 3. The predicted octanol–water partition coefficient (Wildman–Crippen LogP) is 7.37. The van der Waals surface area contributed by atoms with Gasteiger partial charge in [-0.15, -0.1) is 10.2 Å². The predicted molar refractivity (Wildman–Crippen MR) is 127 cm³/mol. The van der Waals surface area contributed by atoms with E-state index in [0.29, 0.717) is 11.8 Å². The lowest BCUT2D eigenvalue weighted by atomic mass is 10.1. The van der Waals surface area contributed by atoms with Crippen molar-refractivity contribution in [1.82, 2.24) is 4.98 Å². The number of pyridine rings is 1. The monoisotopic (exact) mass is 485 g/mol. The Morgan fingerprint density at radius 1 is 1.06 bits per heavy atom. The van der Waals surface area contributed by atoms with Crippen LogP contribution >= 0.6 is 0 Å². The van der Waals surface area contributed by atoms with Gasteiger partial charge in [0, 0.05) is 23.5 Å². The van der Waals surface area contributed by atoms with Gasteiger partial charge in [-0.1, -0.05) is 19.4 Å². The highest BCUT2D eigenvalue weighted by Crippen LogP contribution is 2.40. The molecular weight excluding hydrogens is 462 g/mol. The van der Waals surface area contributed by atoms with Crippen LogP contribution < -0.4 is 16.4 Å². The van der Waals surface area contributed by atoms with Gasteiger partial charge in [0.05, 0.1) is 11.1 Å². The zero-order valence-corrected chi connectivity index (χ0v) is 19.0. The van der Waals surface area contributed by atoms with Crippen LogP contribution in [0.2, 0.25) is 0 Å². The quantitative estimate of drug-likeness (QED) is 0.175. The summed E-state index contributed by atoms with van der Waals surface area (Å²) in [6.45, 7) is 4.46. The molecule has 0 amide bonds. The zero-order valence-electron chi connectivity index (χ0n) is 19.0. The molecule has 1 aromatic heterocycles. The van der Waals surface area contributed by atoms with Gasteiger partial charge in [-0.05, 0) is 49.7 Å². The number of nitriles is 1. The fraction of sp³-hybridized carbons (Fsp3) is 0.250. The maximum Gasteiger partial charge on any atom is 0.418 e. The van der Waals surface area contributed by atoms with E-state index in [1.165, 1.54) is 6.92 Å². The van der Waals surface area contributed by atoms with Crippen LogP contribution in [0, 0.1) is 24.1 Å². The second-order valence-electron chi connectivity index (χ2n) is 7.62. The van der Waals surface area contributed by atoms with Crippen LogP contribution in [0.5, 0.6) is 0 Å². The standard InChI is InChI=1S/C24H23F4N7/c1-3-4-12-31-15-8-10-16(11-9-15)32-23-17(13-29)14(2)20(22(30)33-23)34-35-21-18(24(26,27)28)6-5-7-19(21)25/h5-11,31H,3-4,12H2,1-2H3,(H3,30,32,33)/b35-34+. The third-order valence-electron chi connectivity index (χ3n) is 5.10. The van der Waals surface area contributed by atoms with Crippen molar-refractivity contribution < 1.29 is 17.6 Å². The fourth-order valence-electron chi connectivity index (χ4n) is 3.23. The first-order chi connectivity index (χ1) is 16.7. The number of hydrogen-bond donors (Lipinski definition) is 3. The average molecular weight is 485 g/mol. The van der Waals surface area contributed by atoms with E-state index in [2.05, 4.69) is 32.8 Å². The van der Waals surface area contributed by atoms with Crippen molar-refractivity contribution >= 4 is 34.4 Å². The summed E-state index contributed by atoms with van der Waals surface area (Å²) in [4.78, 5) is 4.15. The number of nitrogens with two attached hydrogens (primary N) is 1. The summed E-state index contributed by atoms with van der Waals surface area (Å²) in [5, 5.41) is 23.2. The molecule has 0 atom stereocenters. The lowest BCUT2D eigenvalue weighted by molar-refractivity contribution is -0.137. The van der Waals surface area contributed by atoms with E-state index in [9.17, 15) is 22.8 Å². The lowest BCUT2D eigenvalue weighted by Crippen LogP contribution is -2.06. The van der Waals surface area contributed by atoms with E-state index in [1.807, 2.05) is 18.2 Å². The highest BCUT2D eigenvalue weighted by atomic mass is 19.4. The smallest absolute Gasteiger partial charge is 0.385 e. The Morgan fingerprint density at radius 2 is 1.71 bits per heavy atom. The Hall–Kier alpha value is -4.20. The van der Waals surface area contributed by atoms with Crippen LogP contribution in [0.1, 0.15) is 36.5 Å². The third-order valence-corrected chi connectivity index (χ3v) is 5.10. The number of unbranched alkanes of at least 4 members (excludes halogenated alkanes) is 1. The highest BCUT2D eigenvalue weighted by Gasteiger charge is 2.35. The first-order valence-corrected chi connectivity index (χ1v) is 10.7. The fourth-order valence-corrected chi connectivity index (χ4v) is 3.23. The van der Waals surface area contributed by atoms with E-state index < -0.39 is 23.2 Å². The molecule has 0 aliphatic carbocycles. The highest BCUT2D eigenvalue weighted by molar-refractivity contribution is 5.75. The molecule has 3 aromatic rings. The minimum Gasteiger partial charge on any atom is -0.385 e. The van der Waals surface area contributed by atoms with Crippen molar-refractivity contribution in [3.05, 3.63) is 65.0 Å². The second-order valence-corrected chi connectivity index (χ2v) is 7.62. The average Bonchev–Trinajstić information content (AvgIpc) is 2.80. The first kappa shape index (κ1) is 25.4. The number of nitrogens with one attached hydrogen (secondary N) is 2. The summed E-state index contributed by atoms with van der Waals surface area (Å²) < 4.78 is 53.8. The van der Waals surface area contributed by atoms with Crippen LogP contribution in [0.25, 0.3) is 0 Å². The van der Waals surface area contributed by atoms with Gasteiger partial charge in [-0.2, -0.15) is 18.4 Å². The van der Waals surface area contributed by atoms with E-state index in [-0.39, 0.29) is 28.5 Å². The normalized spacial score (nSPS) is 11.5. The zero-order chi connectivity index (χ0) is 25.6. The molecule has 11 heteroatoms. The molecule has 4 N–H and O–H groups in total. The number of hydrogen-bond acceptors (Lipinski definition) is 7. The number of aromatic nitrogens is 1. The van der Waals surface area contributed by atoms with Crippen molar-refractivity contribution in [3.8, 4) is 6.07 Å². The molecule has 0 bridgehead atoms. The van der Waals surface area contributed by atoms with Crippen LogP contribution in [-0.4, -0.2) is 11.5 Å². The number of nitrogen functional groups attached to an aromatic ring is 1. The minimum atomic E-state index is -4.83. The largest absolute Gasteiger partial charge is 0.418 e. The SMILES string of the molecule is CCCCNc1ccc(Nc2nc(N)c(/N=N/c3c(F)cccc3C(F)(F)F)c(C)c2C#N)cc1.